The van der Waals surface area contributed by atoms with Gasteiger partial charge in [0.2, 0.25) is 0 Å². The van der Waals surface area contributed by atoms with Crippen LogP contribution in [-0.2, 0) is 16.0 Å². The molecule has 2 rings (SSSR count). The fourth-order valence-corrected chi connectivity index (χ4v) is 1.31. The number of nitrogens with zero attached hydrogens (tertiary/aromatic N) is 1. The molecular formula is C11H11NO3. The standard InChI is InChI=1S/C10H11NO.CO2/c1-3-8-4-5-10-9(6-8)11-7(2)12-10;2-1-3/h4-6H,3H2,1-2H3;. The van der Waals surface area contributed by atoms with Crippen molar-refractivity contribution in [2.24, 2.45) is 0 Å². The Kier molecular flexibility index (Phi) is 3.77. The second-order valence-corrected chi connectivity index (χ2v) is 2.97. The van der Waals surface area contributed by atoms with E-state index in [9.17, 15) is 0 Å². The predicted molar refractivity (Wildman–Crippen MR) is 53.1 cm³/mol. The summed E-state index contributed by atoms with van der Waals surface area (Å²) in [5.41, 5.74) is 3.15. The highest BCUT2D eigenvalue weighted by molar-refractivity contribution is 5.73. The van der Waals surface area contributed by atoms with Gasteiger partial charge in [0.15, 0.2) is 11.5 Å². The van der Waals surface area contributed by atoms with E-state index in [-0.39, 0.29) is 6.15 Å². The second kappa shape index (κ2) is 5.08. The van der Waals surface area contributed by atoms with Gasteiger partial charge < -0.3 is 4.42 Å². The summed E-state index contributed by atoms with van der Waals surface area (Å²) in [6, 6.07) is 6.13. The summed E-state index contributed by atoms with van der Waals surface area (Å²) in [5.74, 6) is 0.734. The van der Waals surface area contributed by atoms with Gasteiger partial charge in [-0.3, -0.25) is 0 Å². The molecule has 0 bridgehead atoms. The van der Waals surface area contributed by atoms with Crippen LogP contribution in [0.15, 0.2) is 22.6 Å². The van der Waals surface area contributed by atoms with Crippen LogP contribution in [0.4, 0.5) is 0 Å². The molecule has 0 aliphatic rings. The molecule has 15 heavy (non-hydrogen) atoms. The minimum atomic E-state index is 0.250. The summed E-state index contributed by atoms with van der Waals surface area (Å²) in [7, 11) is 0. The number of hydrogen-bond donors (Lipinski definition) is 0. The highest BCUT2D eigenvalue weighted by atomic mass is 16.3. The lowest BCUT2D eigenvalue weighted by Gasteiger charge is -1.92. The molecule has 0 amide bonds. The van der Waals surface area contributed by atoms with Gasteiger partial charge >= 0.3 is 6.15 Å². The normalized spacial score (nSPS) is 9.20. The predicted octanol–water partition coefficient (Wildman–Crippen LogP) is 2.12. The lowest BCUT2D eigenvalue weighted by Crippen LogP contribution is -1.78. The molecule has 1 aromatic heterocycles. The van der Waals surface area contributed by atoms with E-state index >= 15 is 0 Å². The smallest absolute Gasteiger partial charge is 0.373 e. The van der Waals surface area contributed by atoms with Crippen LogP contribution >= 0.6 is 0 Å². The zero-order chi connectivity index (χ0) is 11.3. The summed E-state index contributed by atoms with van der Waals surface area (Å²) in [6.45, 7) is 4.00. The van der Waals surface area contributed by atoms with Crippen LogP contribution < -0.4 is 0 Å². The van der Waals surface area contributed by atoms with Gasteiger partial charge in [-0.25, -0.2) is 4.98 Å². The Morgan fingerprint density at radius 3 is 2.67 bits per heavy atom. The Morgan fingerprint density at radius 2 is 2.07 bits per heavy atom. The van der Waals surface area contributed by atoms with Crippen molar-refractivity contribution in [1.82, 2.24) is 4.98 Å². The van der Waals surface area contributed by atoms with E-state index in [1.54, 1.807) is 0 Å². The third kappa shape index (κ3) is 2.76. The molecule has 0 fully saturated rings. The summed E-state index contributed by atoms with van der Waals surface area (Å²) in [5, 5.41) is 0. The lowest BCUT2D eigenvalue weighted by molar-refractivity contribution is -0.191. The third-order valence-electron chi connectivity index (χ3n) is 1.97. The first-order valence-electron chi connectivity index (χ1n) is 4.56. The zero-order valence-corrected chi connectivity index (χ0v) is 8.61. The van der Waals surface area contributed by atoms with Crippen molar-refractivity contribution in [1.29, 1.82) is 0 Å². The molecule has 4 nitrogen and oxygen atoms in total. The van der Waals surface area contributed by atoms with Gasteiger partial charge in [0.1, 0.15) is 5.52 Å². The maximum absolute atomic E-state index is 8.12. The van der Waals surface area contributed by atoms with E-state index in [4.69, 9.17) is 14.0 Å². The van der Waals surface area contributed by atoms with Crippen molar-refractivity contribution < 1.29 is 14.0 Å². The van der Waals surface area contributed by atoms with Crippen LogP contribution in [0.25, 0.3) is 11.1 Å². The number of oxazole rings is 1. The Hall–Kier alpha value is -1.93. The van der Waals surface area contributed by atoms with Crippen LogP contribution in [0, 0.1) is 6.92 Å². The molecule has 0 spiro atoms. The Balaban J connectivity index is 0.000000337. The molecule has 0 aliphatic heterocycles. The third-order valence-corrected chi connectivity index (χ3v) is 1.97. The highest BCUT2D eigenvalue weighted by Gasteiger charge is 2.01. The Bertz CT molecular complexity index is 482. The molecule has 0 unspecified atom stereocenters. The van der Waals surface area contributed by atoms with Gasteiger partial charge in [-0.15, -0.1) is 0 Å². The Morgan fingerprint density at radius 1 is 1.40 bits per heavy atom. The van der Waals surface area contributed by atoms with E-state index in [1.807, 2.05) is 13.0 Å². The summed E-state index contributed by atoms with van der Waals surface area (Å²) >= 11 is 0. The van der Waals surface area contributed by atoms with E-state index in [0.29, 0.717) is 0 Å². The van der Waals surface area contributed by atoms with Crippen LogP contribution in [0.2, 0.25) is 0 Å². The van der Waals surface area contributed by atoms with Crippen LogP contribution in [0.1, 0.15) is 18.4 Å². The molecule has 2 aromatic rings. The van der Waals surface area contributed by atoms with E-state index < -0.39 is 0 Å². The molecule has 0 radical (unpaired) electrons. The largest absolute Gasteiger partial charge is 0.441 e. The number of rotatable bonds is 1. The van der Waals surface area contributed by atoms with Crippen molar-refractivity contribution >= 4 is 17.3 Å². The van der Waals surface area contributed by atoms with Crippen molar-refractivity contribution in [2.75, 3.05) is 0 Å². The van der Waals surface area contributed by atoms with E-state index in [0.717, 1.165) is 23.4 Å². The molecule has 78 valence electrons. The monoisotopic (exact) mass is 205 g/mol. The van der Waals surface area contributed by atoms with Gasteiger partial charge in [-0.05, 0) is 24.1 Å². The van der Waals surface area contributed by atoms with E-state index in [2.05, 4.69) is 24.0 Å². The van der Waals surface area contributed by atoms with Crippen molar-refractivity contribution in [3.63, 3.8) is 0 Å². The molecule has 0 N–H and O–H groups in total. The number of fused-ring (bicyclic) bond motifs is 1. The van der Waals surface area contributed by atoms with Crippen molar-refractivity contribution in [3.05, 3.63) is 29.7 Å². The molecule has 0 atom stereocenters. The number of carbonyl (C=O) groups excluding carboxylic acids is 2. The van der Waals surface area contributed by atoms with E-state index in [1.165, 1.54) is 5.56 Å². The van der Waals surface area contributed by atoms with Gasteiger partial charge in [-0.2, -0.15) is 9.59 Å². The first kappa shape index (κ1) is 11.1. The lowest BCUT2D eigenvalue weighted by atomic mass is 10.1. The first-order valence-corrected chi connectivity index (χ1v) is 4.56. The van der Waals surface area contributed by atoms with Crippen LogP contribution in [0.3, 0.4) is 0 Å². The summed E-state index contributed by atoms with van der Waals surface area (Å²) < 4.78 is 5.36. The molecule has 0 aliphatic carbocycles. The molecular weight excluding hydrogens is 194 g/mol. The van der Waals surface area contributed by atoms with Gasteiger partial charge in [0.25, 0.3) is 0 Å². The molecule has 1 heterocycles. The maximum atomic E-state index is 8.12. The average Bonchev–Trinajstić information content (AvgIpc) is 2.57. The number of hydrogen-bond acceptors (Lipinski definition) is 4. The van der Waals surface area contributed by atoms with Crippen molar-refractivity contribution in [2.45, 2.75) is 20.3 Å². The minimum Gasteiger partial charge on any atom is -0.441 e. The van der Waals surface area contributed by atoms with Gasteiger partial charge in [0, 0.05) is 6.92 Å². The van der Waals surface area contributed by atoms with Gasteiger partial charge in [0.05, 0.1) is 0 Å². The quantitative estimate of drug-likeness (QED) is 0.715. The van der Waals surface area contributed by atoms with Crippen molar-refractivity contribution in [3.8, 4) is 0 Å². The zero-order valence-electron chi connectivity index (χ0n) is 8.61. The summed E-state index contributed by atoms with van der Waals surface area (Å²) in [4.78, 5) is 20.5. The molecule has 0 saturated heterocycles. The minimum absolute atomic E-state index is 0.250. The molecule has 1 aromatic carbocycles. The summed E-state index contributed by atoms with van der Waals surface area (Å²) in [6.07, 6.45) is 1.29. The second-order valence-electron chi connectivity index (χ2n) is 2.97. The molecule has 4 heteroatoms. The first-order chi connectivity index (χ1) is 7.21. The number of aromatic nitrogens is 1. The fraction of sp³-hybridized carbons (Fsp3) is 0.273. The van der Waals surface area contributed by atoms with Crippen LogP contribution in [0.5, 0.6) is 0 Å². The molecule has 0 saturated carbocycles. The number of aryl methyl sites for hydroxylation is 2. The van der Waals surface area contributed by atoms with Gasteiger partial charge in [-0.1, -0.05) is 13.0 Å². The Labute approximate surface area is 86.9 Å². The SMILES string of the molecule is CCc1ccc2oc(C)nc2c1.O=C=O. The fourth-order valence-electron chi connectivity index (χ4n) is 1.31. The number of benzene rings is 1. The highest BCUT2D eigenvalue weighted by Crippen LogP contribution is 2.16. The maximum Gasteiger partial charge on any atom is 0.373 e. The van der Waals surface area contributed by atoms with Crippen LogP contribution in [-0.4, -0.2) is 11.1 Å². The topological polar surface area (TPSA) is 60.2 Å². The average molecular weight is 205 g/mol.